The Balaban J connectivity index is 3.05. The number of nitrogens with one attached hydrogen (secondary N) is 2. The molecule has 4 nitrogen and oxygen atoms in total. The van der Waals surface area contributed by atoms with E-state index in [-0.39, 0.29) is 29.1 Å². The van der Waals surface area contributed by atoms with Crippen LogP contribution in [0.2, 0.25) is 0 Å². The summed E-state index contributed by atoms with van der Waals surface area (Å²) in [7, 11) is 1.59. The lowest BCUT2D eigenvalue weighted by atomic mass is 9.79. The molecule has 4 heteroatoms. The summed E-state index contributed by atoms with van der Waals surface area (Å²) < 4.78 is 0. The Labute approximate surface area is 140 Å². The second kappa shape index (κ2) is 7.16. The molecule has 2 amide bonds. The van der Waals surface area contributed by atoms with E-state index in [1.165, 1.54) is 0 Å². The zero-order valence-electron chi connectivity index (χ0n) is 15.5. The quantitative estimate of drug-likeness (QED) is 0.896. The summed E-state index contributed by atoms with van der Waals surface area (Å²) in [6.45, 7) is 13.2. The van der Waals surface area contributed by atoms with Crippen LogP contribution in [0.3, 0.4) is 0 Å². The fourth-order valence-electron chi connectivity index (χ4n) is 2.14. The number of carbonyl (C=O) groups excluding carboxylic acids is 2. The first-order valence-electron chi connectivity index (χ1n) is 8.10. The predicted molar refractivity (Wildman–Crippen MR) is 94.9 cm³/mol. The maximum atomic E-state index is 12.4. The van der Waals surface area contributed by atoms with E-state index in [9.17, 15) is 9.59 Å². The molecule has 0 aromatic heterocycles. The summed E-state index contributed by atoms with van der Waals surface area (Å²) in [5, 5.41) is 5.37. The lowest BCUT2D eigenvalue weighted by molar-refractivity contribution is -0.120. The minimum atomic E-state index is -0.134. The van der Waals surface area contributed by atoms with Gasteiger partial charge in [0.1, 0.15) is 0 Å². The number of rotatable bonds is 4. The van der Waals surface area contributed by atoms with E-state index in [1.807, 2.05) is 12.1 Å². The van der Waals surface area contributed by atoms with E-state index < -0.39 is 0 Å². The Morgan fingerprint density at radius 2 is 1.39 bits per heavy atom. The third-order valence-electron chi connectivity index (χ3n) is 3.84. The van der Waals surface area contributed by atoms with Crippen LogP contribution in [0.25, 0.3) is 0 Å². The number of benzene rings is 1. The van der Waals surface area contributed by atoms with Crippen LogP contribution in [-0.4, -0.2) is 25.4 Å². The minimum absolute atomic E-state index is 0.0294. The fraction of sp³-hybridized carbons (Fsp3) is 0.579. The summed E-state index contributed by atoms with van der Waals surface area (Å²) in [5.74, 6) is -0.213. The molecular weight excluding hydrogens is 288 g/mol. The second-order valence-electron chi connectivity index (χ2n) is 7.98. The molecule has 0 unspecified atom stereocenters. The summed E-state index contributed by atoms with van der Waals surface area (Å²) >= 11 is 0. The second-order valence-corrected chi connectivity index (χ2v) is 7.98. The number of carbonyl (C=O) groups is 2. The van der Waals surface area contributed by atoms with Crippen LogP contribution in [0.1, 0.15) is 69.4 Å². The van der Waals surface area contributed by atoms with E-state index in [0.29, 0.717) is 12.1 Å². The monoisotopic (exact) mass is 318 g/mol. The van der Waals surface area contributed by atoms with Gasteiger partial charge in [-0.25, -0.2) is 0 Å². The molecule has 0 bridgehead atoms. The highest BCUT2D eigenvalue weighted by molar-refractivity contribution is 5.95. The van der Waals surface area contributed by atoms with Gasteiger partial charge in [0.2, 0.25) is 5.91 Å². The average Bonchev–Trinajstić information content (AvgIpc) is 2.44. The van der Waals surface area contributed by atoms with Crippen LogP contribution in [0.15, 0.2) is 18.2 Å². The van der Waals surface area contributed by atoms with Gasteiger partial charge in [-0.3, -0.25) is 9.59 Å². The third-order valence-corrected chi connectivity index (χ3v) is 3.84. The van der Waals surface area contributed by atoms with Crippen LogP contribution in [0.4, 0.5) is 0 Å². The van der Waals surface area contributed by atoms with Crippen LogP contribution in [-0.2, 0) is 15.6 Å². The molecule has 2 N–H and O–H groups in total. The Bertz CT molecular complexity index is 546. The topological polar surface area (TPSA) is 58.2 Å². The highest BCUT2D eigenvalue weighted by Crippen LogP contribution is 2.30. The fourth-order valence-corrected chi connectivity index (χ4v) is 2.14. The van der Waals surface area contributed by atoms with Gasteiger partial charge in [0, 0.05) is 25.6 Å². The summed E-state index contributed by atoms with van der Waals surface area (Å²) in [4.78, 5) is 23.7. The maximum absolute atomic E-state index is 12.4. The molecule has 0 saturated heterocycles. The Kier molecular flexibility index (Phi) is 5.98. The maximum Gasteiger partial charge on any atom is 0.251 e. The van der Waals surface area contributed by atoms with Gasteiger partial charge in [-0.1, -0.05) is 47.6 Å². The molecule has 0 heterocycles. The zero-order chi connectivity index (χ0) is 17.8. The molecule has 23 heavy (non-hydrogen) atoms. The molecule has 1 aromatic carbocycles. The zero-order valence-corrected chi connectivity index (χ0v) is 15.5. The van der Waals surface area contributed by atoms with Crippen LogP contribution >= 0.6 is 0 Å². The van der Waals surface area contributed by atoms with E-state index in [2.05, 4.69) is 58.2 Å². The molecule has 0 spiro atoms. The molecule has 0 saturated carbocycles. The van der Waals surface area contributed by atoms with Gasteiger partial charge >= 0.3 is 0 Å². The SMILES string of the molecule is CNC(=O)CCNC(=O)c1cc(C(C)(C)C)cc(C(C)(C)C)c1. The van der Waals surface area contributed by atoms with Crippen molar-refractivity contribution >= 4 is 11.8 Å². The summed E-state index contributed by atoms with van der Waals surface area (Å²) in [6, 6.07) is 6.08. The first-order chi connectivity index (χ1) is 10.4. The first kappa shape index (κ1) is 19.2. The van der Waals surface area contributed by atoms with Crippen LogP contribution in [0.5, 0.6) is 0 Å². The lowest BCUT2D eigenvalue weighted by Gasteiger charge is -2.26. The van der Waals surface area contributed by atoms with E-state index in [1.54, 1.807) is 7.05 Å². The largest absolute Gasteiger partial charge is 0.359 e. The van der Waals surface area contributed by atoms with Crippen molar-refractivity contribution in [3.63, 3.8) is 0 Å². The Morgan fingerprint density at radius 3 is 1.78 bits per heavy atom. The van der Waals surface area contributed by atoms with Crippen molar-refractivity contribution in [1.82, 2.24) is 10.6 Å². The highest BCUT2D eigenvalue weighted by atomic mass is 16.2. The number of hydrogen-bond acceptors (Lipinski definition) is 2. The number of hydrogen-bond donors (Lipinski definition) is 2. The van der Waals surface area contributed by atoms with Gasteiger partial charge in [0.15, 0.2) is 0 Å². The number of amides is 2. The van der Waals surface area contributed by atoms with E-state index in [4.69, 9.17) is 0 Å². The molecule has 0 aliphatic rings. The van der Waals surface area contributed by atoms with Gasteiger partial charge < -0.3 is 10.6 Å². The highest BCUT2D eigenvalue weighted by Gasteiger charge is 2.22. The van der Waals surface area contributed by atoms with E-state index in [0.717, 1.165) is 11.1 Å². The first-order valence-corrected chi connectivity index (χ1v) is 8.10. The van der Waals surface area contributed by atoms with E-state index >= 15 is 0 Å². The lowest BCUT2D eigenvalue weighted by Crippen LogP contribution is -2.30. The van der Waals surface area contributed by atoms with Crippen molar-refractivity contribution in [2.75, 3.05) is 13.6 Å². The van der Waals surface area contributed by atoms with Gasteiger partial charge in [0.25, 0.3) is 5.91 Å². The predicted octanol–water partition coefficient (Wildman–Crippen LogP) is 3.15. The molecular formula is C19H30N2O2. The van der Waals surface area contributed by atoms with Crippen LogP contribution < -0.4 is 10.6 Å². The molecule has 1 aromatic rings. The van der Waals surface area contributed by atoms with Gasteiger partial charge in [-0.2, -0.15) is 0 Å². The third kappa shape index (κ3) is 5.70. The van der Waals surface area contributed by atoms with Gasteiger partial charge in [0.05, 0.1) is 0 Å². The molecule has 128 valence electrons. The normalized spacial score (nSPS) is 12.0. The summed E-state index contributed by atoms with van der Waals surface area (Å²) in [5.41, 5.74) is 2.87. The molecule has 1 rings (SSSR count). The van der Waals surface area contributed by atoms with Crippen molar-refractivity contribution in [2.45, 2.75) is 58.8 Å². The van der Waals surface area contributed by atoms with Crippen molar-refractivity contribution in [2.24, 2.45) is 0 Å². The van der Waals surface area contributed by atoms with Gasteiger partial charge in [-0.05, 0) is 34.1 Å². The molecule has 0 aliphatic heterocycles. The molecule has 0 aliphatic carbocycles. The molecule has 0 fully saturated rings. The van der Waals surface area contributed by atoms with Crippen molar-refractivity contribution < 1.29 is 9.59 Å². The molecule has 0 radical (unpaired) electrons. The minimum Gasteiger partial charge on any atom is -0.359 e. The van der Waals surface area contributed by atoms with Crippen molar-refractivity contribution in [1.29, 1.82) is 0 Å². The van der Waals surface area contributed by atoms with Crippen LogP contribution in [0, 0.1) is 0 Å². The van der Waals surface area contributed by atoms with Gasteiger partial charge in [-0.15, -0.1) is 0 Å². The smallest absolute Gasteiger partial charge is 0.251 e. The molecule has 0 atom stereocenters. The van der Waals surface area contributed by atoms with Crippen molar-refractivity contribution in [3.05, 3.63) is 34.9 Å². The Hall–Kier alpha value is -1.84. The van der Waals surface area contributed by atoms with Crippen molar-refractivity contribution in [3.8, 4) is 0 Å². The standard InChI is InChI=1S/C19H30N2O2/c1-18(2,3)14-10-13(11-15(12-14)19(4,5)6)17(23)21-9-8-16(22)20-7/h10-12H,8-9H2,1-7H3,(H,20,22)(H,21,23). The Morgan fingerprint density at radius 1 is 0.913 bits per heavy atom. The average molecular weight is 318 g/mol. The summed E-state index contributed by atoms with van der Waals surface area (Å²) in [6.07, 6.45) is 0.285.